The van der Waals surface area contributed by atoms with Crippen LogP contribution < -0.4 is 10.6 Å². The standard InChI is InChI=1S/C13H24N2O3/c1-3-4-5-9-14-11(16)10(2)15-13(12(17)18)7-6-8-13/h10,15H,3-9H2,1-2H3,(H,14,16)(H,17,18). The van der Waals surface area contributed by atoms with Gasteiger partial charge in [0.05, 0.1) is 6.04 Å². The highest BCUT2D eigenvalue weighted by molar-refractivity contribution is 5.84. The Labute approximate surface area is 108 Å². The minimum Gasteiger partial charge on any atom is -0.480 e. The molecule has 18 heavy (non-hydrogen) atoms. The van der Waals surface area contributed by atoms with Gasteiger partial charge < -0.3 is 10.4 Å². The van der Waals surface area contributed by atoms with Gasteiger partial charge in [-0.05, 0) is 32.6 Å². The summed E-state index contributed by atoms with van der Waals surface area (Å²) in [7, 11) is 0. The Morgan fingerprint density at radius 2 is 2.00 bits per heavy atom. The maximum absolute atomic E-state index is 11.8. The largest absolute Gasteiger partial charge is 0.480 e. The smallest absolute Gasteiger partial charge is 0.323 e. The van der Waals surface area contributed by atoms with E-state index in [-0.39, 0.29) is 5.91 Å². The number of carbonyl (C=O) groups is 2. The van der Waals surface area contributed by atoms with Crippen LogP contribution in [0.5, 0.6) is 0 Å². The van der Waals surface area contributed by atoms with Crippen molar-refractivity contribution in [1.82, 2.24) is 10.6 Å². The number of nitrogens with one attached hydrogen (secondary N) is 2. The zero-order valence-corrected chi connectivity index (χ0v) is 11.3. The lowest BCUT2D eigenvalue weighted by Gasteiger charge is -2.40. The summed E-state index contributed by atoms with van der Waals surface area (Å²) >= 11 is 0. The zero-order valence-electron chi connectivity index (χ0n) is 11.3. The van der Waals surface area contributed by atoms with Crippen LogP contribution in [0.3, 0.4) is 0 Å². The van der Waals surface area contributed by atoms with Gasteiger partial charge in [0.2, 0.25) is 5.91 Å². The topological polar surface area (TPSA) is 78.4 Å². The molecule has 5 heteroatoms. The van der Waals surface area contributed by atoms with Crippen LogP contribution in [0, 0.1) is 0 Å². The van der Waals surface area contributed by atoms with E-state index >= 15 is 0 Å². The van der Waals surface area contributed by atoms with Gasteiger partial charge in [0.25, 0.3) is 0 Å². The Morgan fingerprint density at radius 3 is 2.44 bits per heavy atom. The molecule has 0 aromatic carbocycles. The summed E-state index contributed by atoms with van der Waals surface area (Å²) < 4.78 is 0. The van der Waals surface area contributed by atoms with Crippen molar-refractivity contribution in [3.63, 3.8) is 0 Å². The zero-order chi connectivity index (χ0) is 13.6. The van der Waals surface area contributed by atoms with Gasteiger partial charge in [-0.15, -0.1) is 0 Å². The predicted molar refractivity (Wildman–Crippen MR) is 69.4 cm³/mol. The molecule has 1 unspecified atom stereocenters. The highest BCUT2D eigenvalue weighted by atomic mass is 16.4. The van der Waals surface area contributed by atoms with Crippen LogP contribution in [0.4, 0.5) is 0 Å². The summed E-state index contributed by atoms with van der Waals surface area (Å²) in [6.45, 7) is 4.50. The molecule has 1 rings (SSSR count). The number of amides is 1. The molecule has 1 aliphatic rings. The highest BCUT2D eigenvalue weighted by Gasteiger charge is 2.45. The lowest BCUT2D eigenvalue weighted by Crippen LogP contribution is -2.62. The van der Waals surface area contributed by atoms with E-state index < -0.39 is 17.6 Å². The highest BCUT2D eigenvalue weighted by Crippen LogP contribution is 2.32. The number of carbonyl (C=O) groups excluding carboxylic acids is 1. The lowest BCUT2D eigenvalue weighted by molar-refractivity contribution is -0.149. The van der Waals surface area contributed by atoms with Crippen molar-refractivity contribution >= 4 is 11.9 Å². The third kappa shape index (κ3) is 3.70. The van der Waals surface area contributed by atoms with Gasteiger partial charge in [0, 0.05) is 6.54 Å². The Balaban J connectivity index is 2.33. The SMILES string of the molecule is CCCCCNC(=O)C(C)NC1(C(=O)O)CCC1. The number of hydrogen-bond donors (Lipinski definition) is 3. The maximum Gasteiger partial charge on any atom is 0.323 e. The van der Waals surface area contributed by atoms with Gasteiger partial charge >= 0.3 is 5.97 Å². The van der Waals surface area contributed by atoms with Gasteiger partial charge in [0.1, 0.15) is 5.54 Å². The number of hydrogen-bond acceptors (Lipinski definition) is 3. The molecule has 1 fully saturated rings. The third-order valence-electron chi connectivity index (χ3n) is 3.58. The number of carboxylic acid groups (broad SMARTS) is 1. The normalized spacial score (nSPS) is 18.8. The second-order valence-electron chi connectivity index (χ2n) is 5.10. The number of carboxylic acids is 1. The summed E-state index contributed by atoms with van der Waals surface area (Å²) in [6, 6.07) is -0.456. The quantitative estimate of drug-likeness (QED) is 0.572. The molecule has 0 aliphatic heterocycles. The van der Waals surface area contributed by atoms with Gasteiger partial charge in [0.15, 0.2) is 0 Å². The van der Waals surface area contributed by atoms with Gasteiger partial charge in [-0.1, -0.05) is 19.8 Å². The van der Waals surface area contributed by atoms with E-state index in [9.17, 15) is 9.59 Å². The van der Waals surface area contributed by atoms with Crippen LogP contribution >= 0.6 is 0 Å². The van der Waals surface area contributed by atoms with E-state index in [0.717, 1.165) is 25.7 Å². The van der Waals surface area contributed by atoms with E-state index in [0.29, 0.717) is 19.4 Å². The predicted octanol–water partition coefficient (Wildman–Crippen LogP) is 1.28. The van der Waals surface area contributed by atoms with Crippen molar-refractivity contribution in [3.8, 4) is 0 Å². The molecule has 1 aliphatic carbocycles. The van der Waals surface area contributed by atoms with E-state index in [1.165, 1.54) is 0 Å². The monoisotopic (exact) mass is 256 g/mol. The van der Waals surface area contributed by atoms with Gasteiger partial charge in [-0.2, -0.15) is 0 Å². The van der Waals surface area contributed by atoms with E-state index in [4.69, 9.17) is 5.11 Å². The Kier molecular flexibility index (Phi) is 5.59. The molecule has 0 aromatic heterocycles. The van der Waals surface area contributed by atoms with Crippen molar-refractivity contribution in [2.24, 2.45) is 0 Å². The molecular formula is C13H24N2O3. The molecule has 5 nitrogen and oxygen atoms in total. The average molecular weight is 256 g/mol. The van der Waals surface area contributed by atoms with Crippen molar-refractivity contribution in [3.05, 3.63) is 0 Å². The molecule has 1 amide bonds. The second-order valence-corrected chi connectivity index (χ2v) is 5.10. The molecule has 1 saturated carbocycles. The van der Waals surface area contributed by atoms with Crippen LogP contribution in [0.25, 0.3) is 0 Å². The first-order valence-corrected chi connectivity index (χ1v) is 6.80. The molecule has 0 spiro atoms. The van der Waals surface area contributed by atoms with E-state index in [1.807, 2.05) is 0 Å². The van der Waals surface area contributed by atoms with Gasteiger partial charge in [-0.25, -0.2) is 0 Å². The van der Waals surface area contributed by atoms with Crippen LogP contribution in [-0.4, -0.2) is 35.1 Å². The number of rotatable bonds is 8. The third-order valence-corrected chi connectivity index (χ3v) is 3.58. The Hall–Kier alpha value is -1.10. The molecule has 1 atom stereocenters. The van der Waals surface area contributed by atoms with Gasteiger partial charge in [-0.3, -0.25) is 14.9 Å². The van der Waals surface area contributed by atoms with Crippen LogP contribution in [0.2, 0.25) is 0 Å². The maximum atomic E-state index is 11.8. The summed E-state index contributed by atoms with van der Waals surface area (Å²) in [5.41, 5.74) is -0.875. The van der Waals surface area contributed by atoms with Crippen molar-refractivity contribution in [2.75, 3.05) is 6.54 Å². The first-order chi connectivity index (χ1) is 8.52. The summed E-state index contributed by atoms with van der Waals surface area (Å²) in [5.74, 6) is -0.960. The minimum absolute atomic E-state index is 0.112. The molecule has 0 radical (unpaired) electrons. The molecule has 0 aromatic rings. The van der Waals surface area contributed by atoms with Crippen molar-refractivity contribution < 1.29 is 14.7 Å². The summed E-state index contributed by atoms with van der Waals surface area (Å²) in [4.78, 5) is 22.9. The molecular weight excluding hydrogens is 232 g/mol. The van der Waals surface area contributed by atoms with Crippen LogP contribution in [-0.2, 0) is 9.59 Å². The fraction of sp³-hybridized carbons (Fsp3) is 0.846. The molecule has 3 N–H and O–H groups in total. The molecule has 0 heterocycles. The first-order valence-electron chi connectivity index (χ1n) is 6.80. The van der Waals surface area contributed by atoms with Crippen LogP contribution in [0.1, 0.15) is 52.4 Å². The Bertz CT molecular complexity index is 301. The number of unbranched alkanes of at least 4 members (excludes halogenated alkanes) is 2. The summed E-state index contributed by atoms with van der Waals surface area (Å²) in [6.07, 6.45) is 5.31. The molecule has 0 saturated heterocycles. The molecule has 0 bridgehead atoms. The molecule has 104 valence electrons. The average Bonchev–Trinajstić information content (AvgIpc) is 2.28. The summed E-state index contributed by atoms with van der Waals surface area (Å²) in [5, 5.41) is 15.0. The van der Waals surface area contributed by atoms with E-state index in [2.05, 4.69) is 17.6 Å². The fourth-order valence-corrected chi connectivity index (χ4v) is 2.17. The lowest BCUT2D eigenvalue weighted by atomic mass is 9.76. The Morgan fingerprint density at radius 1 is 1.33 bits per heavy atom. The fourth-order valence-electron chi connectivity index (χ4n) is 2.17. The van der Waals surface area contributed by atoms with Crippen LogP contribution in [0.15, 0.2) is 0 Å². The van der Waals surface area contributed by atoms with Crippen molar-refractivity contribution in [2.45, 2.75) is 64.0 Å². The second kappa shape index (κ2) is 6.73. The van der Waals surface area contributed by atoms with E-state index in [1.54, 1.807) is 6.92 Å². The first kappa shape index (κ1) is 15.0. The number of aliphatic carboxylic acids is 1. The minimum atomic E-state index is -0.875. The van der Waals surface area contributed by atoms with Crippen molar-refractivity contribution in [1.29, 1.82) is 0 Å².